The van der Waals surface area contributed by atoms with Crippen LogP contribution in [0.15, 0.2) is 116 Å². The first kappa shape index (κ1) is 29.8. The van der Waals surface area contributed by atoms with Crippen LogP contribution in [-0.4, -0.2) is 24.9 Å². The molecular formula is C31H37N5. The van der Waals surface area contributed by atoms with E-state index in [9.17, 15) is 0 Å². The van der Waals surface area contributed by atoms with Gasteiger partial charge in [-0.1, -0.05) is 96.1 Å². The molecular weight excluding hydrogens is 442 g/mol. The number of pyridine rings is 1. The summed E-state index contributed by atoms with van der Waals surface area (Å²) in [6, 6.07) is 25.9. The highest BCUT2D eigenvalue weighted by molar-refractivity contribution is 5.81. The van der Waals surface area contributed by atoms with Gasteiger partial charge < -0.3 is 0 Å². The van der Waals surface area contributed by atoms with E-state index in [1.165, 1.54) is 10.8 Å². The van der Waals surface area contributed by atoms with Gasteiger partial charge in [-0.05, 0) is 35.0 Å². The molecule has 36 heavy (non-hydrogen) atoms. The van der Waals surface area contributed by atoms with E-state index >= 15 is 0 Å². The van der Waals surface area contributed by atoms with E-state index in [0.717, 1.165) is 21.9 Å². The van der Waals surface area contributed by atoms with Crippen molar-refractivity contribution in [2.24, 2.45) is 0 Å². The first-order valence-electron chi connectivity index (χ1n) is 12.5. The summed E-state index contributed by atoms with van der Waals surface area (Å²) in [5, 5.41) is 3.53. The zero-order chi connectivity index (χ0) is 26.4. The van der Waals surface area contributed by atoms with Gasteiger partial charge in [-0.25, -0.2) is 9.97 Å². The maximum atomic E-state index is 4.12. The minimum Gasteiger partial charge on any atom is -0.264 e. The molecule has 0 saturated carbocycles. The van der Waals surface area contributed by atoms with Gasteiger partial charge in [0.15, 0.2) is 0 Å². The van der Waals surface area contributed by atoms with E-state index < -0.39 is 0 Å². The minimum atomic E-state index is 0.949. The Morgan fingerprint density at radius 1 is 0.389 bits per heavy atom. The summed E-state index contributed by atoms with van der Waals surface area (Å²) in [7, 11) is 0. The zero-order valence-corrected chi connectivity index (χ0v) is 22.2. The molecule has 0 fully saturated rings. The molecule has 0 N–H and O–H groups in total. The molecule has 0 aliphatic rings. The summed E-state index contributed by atoms with van der Waals surface area (Å²) >= 11 is 0. The molecule has 0 unspecified atom stereocenters. The standard InChI is InChI=1S/C9H7N.2C8H6N2.3C2H6/c1-2-4-9-7-10-6-5-8(9)3-1;1-2-4-8-7(3-1)5-9-6-10-8;1-2-4-8-7(3-1)9-5-6-10-8;3*1-2/h1-7H;2*1-6H;3*1-2H3. The molecule has 186 valence electrons. The fourth-order valence-electron chi connectivity index (χ4n) is 2.86. The third kappa shape index (κ3) is 9.94. The SMILES string of the molecule is CC.CC.CC.c1ccc2cnccc2c1.c1ccc2nccnc2c1.c1ccc2ncncc2c1. The number of para-hydroxylation sites is 3. The van der Waals surface area contributed by atoms with Gasteiger partial charge in [0.25, 0.3) is 0 Å². The van der Waals surface area contributed by atoms with Gasteiger partial charge >= 0.3 is 0 Å². The second kappa shape index (κ2) is 19.1. The Bertz CT molecular complexity index is 1000. The summed E-state index contributed by atoms with van der Waals surface area (Å²) in [5.41, 5.74) is 2.90. The van der Waals surface area contributed by atoms with Crippen LogP contribution >= 0.6 is 0 Å². The van der Waals surface area contributed by atoms with Crippen LogP contribution in [0, 0.1) is 0 Å². The average Bonchev–Trinajstić information content (AvgIpc) is 3.01. The number of hydrogen-bond acceptors (Lipinski definition) is 5. The molecule has 3 aromatic heterocycles. The molecule has 0 atom stereocenters. The van der Waals surface area contributed by atoms with E-state index in [0.29, 0.717) is 0 Å². The average molecular weight is 480 g/mol. The van der Waals surface area contributed by atoms with Gasteiger partial charge in [0.1, 0.15) is 6.33 Å². The fraction of sp³-hybridized carbons (Fsp3) is 0.194. The van der Waals surface area contributed by atoms with Gasteiger partial charge in [0.2, 0.25) is 0 Å². The molecule has 0 spiro atoms. The molecule has 0 radical (unpaired) electrons. The third-order valence-corrected chi connectivity index (χ3v) is 4.34. The van der Waals surface area contributed by atoms with Gasteiger partial charge in [-0.15, -0.1) is 0 Å². The molecule has 3 aromatic carbocycles. The zero-order valence-electron chi connectivity index (χ0n) is 22.2. The van der Waals surface area contributed by atoms with Crippen LogP contribution in [0.4, 0.5) is 0 Å². The maximum Gasteiger partial charge on any atom is 0.116 e. The van der Waals surface area contributed by atoms with Crippen LogP contribution in [0.5, 0.6) is 0 Å². The smallest absolute Gasteiger partial charge is 0.116 e. The topological polar surface area (TPSA) is 64.5 Å². The van der Waals surface area contributed by atoms with Crippen molar-refractivity contribution in [3.63, 3.8) is 0 Å². The van der Waals surface area contributed by atoms with Gasteiger partial charge in [-0.2, -0.15) is 0 Å². The van der Waals surface area contributed by atoms with Crippen molar-refractivity contribution < 1.29 is 0 Å². The van der Waals surface area contributed by atoms with Crippen LogP contribution in [0.1, 0.15) is 41.5 Å². The lowest BCUT2D eigenvalue weighted by Crippen LogP contribution is -1.78. The van der Waals surface area contributed by atoms with E-state index in [-0.39, 0.29) is 0 Å². The molecule has 0 bridgehead atoms. The molecule has 0 amide bonds. The summed E-state index contributed by atoms with van der Waals surface area (Å²) < 4.78 is 0. The highest BCUT2D eigenvalue weighted by Crippen LogP contribution is 2.09. The summed E-state index contributed by atoms with van der Waals surface area (Å²) in [6.07, 6.45) is 10.4. The quantitative estimate of drug-likeness (QED) is 0.218. The van der Waals surface area contributed by atoms with Crippen LogP contribution in [-0.2, 0) is 0 Å². The van der Waals surface area contributed by atoms with Crippen LogP contribution in [0.2, 0.25) is 0 Å². The first-order chi connectivity index (χ1) is 17.9. The van der Waals surface area contributed by atoms with Crippen LogP contribution in [0.25, 0.3) is 32.7 Å². The van der Waals surface area contributed by atoms with Crippen molar-refractivity contribution in [2.45, 2.75) is 41.5 Å². The lowest BCUT2D eigenvalue weighted by molar-refractivity contribution is 1.22. The molecule has 5 heteroatoms. The second-order valence-electron chi connectivity index (χ2n) is 6.35. The predicted molar refractivity (Wildman–Crippen MR) is 155 cm³/mol. The predicted octanol–water partition coefficient (Wildman–Crippen LogP) is 8.57. The van der Waals surface area contributed by atoms with E-state index in [2.05, 4.69) is 37.1 Å². The molecule has 6 rings (SSSR count). The van der Waals surface area contributed by atoms with Gasteiger partial charge in [-0.3, -0.25) is 15.0 Å². The Labute approximate surface area is 215 Å². The van der Waals surface area contributed by atoms with E-state index in [4.69, 9.17) is 0 Å². The molecule has 0 aliphatic carbocycles. The Hall–Kier alpha value is -4.25. The third-order valence-electron chi connectivity index (χ3n) is 4.34. The van der Waals surface area contributed by atoms with Crippen LogP contribution < -0.4 is 0 Å². The van der Waals surface area contributed by atoms with Gasteiger partial charge in [0, 0.05) is 36.4 Å². The van der Waals surface area contributed by atoms with E-state index in [1.807, 2.05) is 127 Å². The van der Waals surface area contributed by atoms with Crippen molar-refractivity contribution in [1.29, 1.82) is 0 Å². The summed E-state index contributed by atoms with van der Waals surface area (Å²) in [5.74, 6) is 0. The van der Waals surface area contributed by atoms with Crippen molar-refractivity contribution in [1.82, 2.24) is 24.9 Å². The summed E-state index contributed by atoms with van der Waals surface area (Å²) in [6.45, 7) is 12.0. The van der Waals surface area contributed by atoms with Crippen molar-refractivity contribution in [3.8, 4) is 0 Å². The van der Waals surface area contributed by atoms with Crippen molar-refractivity contribution in [2.75, 3.05) is 0 Å². The Balaban J connectivity index is 0.000000244. The Kier molecular flexibility index (Phi) is 15.8. The normalized spacial score (nSPS) is 8.83. The van der Waals surface area contributed by atoms with Gasteiger partial charge in [0.05, 0.1) is 16.6 Å². The first-order valence-corrected chi connectivity index (χ1v) is 12.5. The number of hydrogen-bond donors (Lipinski definition) is 0. The molecule has 0 saturated heterocycles. The molecule has 6 aromatic rings. The monoisotopic (exact) mass is 479 g/mol. The number of benzene rings is 3. The Morgan fingerprint density at radius 3 is 1.42 bits per heavy atom. The largest absolute Gasteiger partial charge is 0.264 e. The number of rotatable bonds is 0. The molecule has 5 nitrogen and oxygen atoms in total. The fourth-order valence-corrected chi connectivity index (χ4v) is 2.86. The summed E-state index contributed by atoms with van der Waals surface area (Å²) in [4.78, 5) is 20.2. The van der Waals surface area contributed by atoms with Crippen molar-refractivity contribution >= 4 is 32.7 Å². The minimum absolute atomic E-state index is 0.949. The highest BCUT2D eigenvalue weighted by Gasteiger charge is 1.89. The number of nitrogens with zero attached hydrogens (tertiary/aromatic N) is 5. The van der Waals surface area contributed by atoms with Crippen LogP contribution in [0.3, 0.4) is 0 Å². The number of aromatic nitrogens is 5. The number of fused-ring (bicyclic) bond motifs is 3. The van der Waals surface area contributed by atoms with E-state index in [1.54, 1.807) is 18.7 Å². The maximum absolute atomic E-state index is 4.12. The lowest BCUT2D eigenvalue weighted by Gasteiger charge is -1.91. The molecule has 3 heterocycles. The molecule has 0 aliphatic heterocycles. The lowest BCUT2D eigenvalue weighted by atomic mass is 10.2. The highest BCUT2D eigenvalue weighted by atomic mass is 14.8. The Morgan fingerprint density at radius 2 is 0.861 bits per heavy atom. The second-order valence-corrected chi connectivity index (χ2v) is 6.35. The van der Waals surface area contributed by atoms with Crippen molar-refractivity contribution in [3.05, 3.63) is 116 Å².